The van der Waals surface area contributed by atoms with Crippen LogP contribution in [0.4, 0.5) is 0 Å². The van der Waals surface area contributed by atoms with Crippen molar-refractivity contribution < 1.29 is 0 Å². The second-order valence-corrected chi connectivity index (χ2v) is 8.36. The van der Waals surface area contributed by atoms with Crippen LogP contribution in [0.5, 0.6) is 0 Å². The third-order valence-corrected chi connectivity index (χ3v) is 5.61. The monoisotopic (exact) mass is 360 g/mol. The fourth-order valence-electron chi connectivity index (χ4n) is 4.29. The number of aromatic nitrogens is 2. The molecule has 0 amide bonds. The van der Waals surface area contributed by atoms with Crippen LogP contribution in [0.1, 0.15) is 51.8 Å². The van der Waals surface area contributed by atoms with Crippen LogP contribution in [0.15, 0.2) is 17.4 Å². The zero-order valence-electron chi connectivity index (χ0n) is 16.7. The summed E-state index contributed by atoms with van der Waals surface area (Å²) in [5, 5.41) is 7.04. The van der Waals surface area contributed by atoms with Gasteiger partial charge in [-0.05, 0) is 31.1 Å². The van der Waals surface area contributed by atoms with E-state index in [0.717, 1.165) is 30.8 Å². The maximum Gasteiger partial charge on any atom is 0.191 e. The third kappa shape index (κ3) is 5.47. The van der Waals surface area contributed by atoms with Crippen LogP contribution < -0.4 is 10.6 Å². The molecule has 26 heavy (non-hydrogen) atoms. The lowest BCUT2D eigenvalue weighted by atomic mass is 10.1. The van der Waals surface area contributed by atoms with E-state index in [2.05, 4.69) is 50.1 Å². The number of imidazole rings is 1. The van der Waals surface area contributed by atoms with Crippen molar-refractivity contribution in [3.63, 3.8) is 0 Å². The molecule has 2 aliphatic rings. The van der Waals surface area contributed by atoms with Gasteiger partial charge in [0.1, 0.15) is 5.82 Å². The number of rotatable bonds is 7. The molecule has 1 aliphatic carbocycles. The number of hydrogen-bond donors (Lipinski definition) is 2. The van der Waals surface area contributed by atoms with Crippen LogP contribution in [0.25, 0.3) is 0 Å². The molecule has 1 saturated carbocycles. The number of nitrogens with one attached hydrogen (secondary N) is 2. The molecule has 0 spiro atoms. The van der Waals surface area contributed by atoms with Gasteiger partial charge in [0.25, 0.3) is 0 Å². The predicted molar refractivity (Wildman–Crippen MR) is 107 cm³/mol. The van der Waals surface area contributed by atoms with Gasteiger partial charge in [0, 0.05) is 51.7 Å². The molecule has 0 aromatic carbocycles. The van der Waals surface area contributed by atoms with E-state index in [9.17, 15) is 0 Å². The highest BCUT2D eigenvalue weighted by molar-refractivity contribution is 5.79. The molecular formula is C20H36N6. The summed E-state index contributed by atoms with van der Waals surface area (Å²) in [6.07, 6.45) is 10.9. The summed E-state index contributed by atoms with van der Waals surface area (Å²) in [7, 11) is 1.85. The molecule has 1 aliphatic heterocycles. The minimum atomic E-state index is 0.498. The molecule has 2 heterocycles. The van der Waals surface area contributed by atoms with Crippen molar-refractivity contribution >= 4 is 5.96 Å². The number of hydrogen-bond acceptors (Lipinski definition) is 3. The Morgan fingerprint density at radius 1 is 1.31 bits per heavy atom. The van der Waals surface area contributed by atoms with E-state index in [0.29, 0.717) is 18.5 Å². The van der Waals surface area contributed by atoms with E-state index in [-0.39, 0.29) is 0 Å². The minimum absolute atomic E-state index is 0.498. The zero-order valence-corrected chi connectivity index (χ0v) is 16.7. The largest absolute Gasteiger partial charge is 0.352 e. The van der Waals surface area contributed by atoms with Crippen molar-refractivity contribution in [3.05, 3.63) is 18.2 Å². The highest BCUT2D eigenvalue weighted by Gasteiger charge is 2.26. The van der Waals surface area contributed by atoms with Crippen LogP contribution in [-0.4, -0.2) is 53.1 Å². The van der Waals surface area contributed by atoms with Gasteiger partial charge in [-0.1, -0.05) is 26.7 Å². The van der Waals surface area contributed by atoms with Gasteiger partial charge in [0.15, 0.2) is 5.96 Å². The van der Waals surface area contributed by atoms with E-state index < -0.39 is 0 Å². The first-order valence-electron chi connectivity index (χ1n) is 10.3. The van der Waals surface area contributed by atoms with Gasteiger partial charge in [0.2, 0.25) is 0 Å². The molecule has 1 unspecified atom stereocenters. The first-order valence-corrected chi connectivity index (χ1v) is 10.3. The van der Waals surface area contributed by atoms with Gasteiger partial charge < -0.3 is 20.1 Å². The Kier molecular flexibility index (Phi) is 6.94. The van der Waals surface area contributed by atoms with Crippen LogP contribution in [0.3, 0.4) is 0 Å². The fraction of sp³-hybridized carbons (Fsp3) is 0.800. The molecule has 2 fully saturated rings. The van der Waals surface area contributed by atoms with Gasteiger partial charge in [0.05, 0.1) is 6.54 Å². The summed E-state index contributed by atoms with van der Waals surface area (Å²) >= 11 is 0. The quantitative estimate of drug-likeness (QED) is 0.579. The summed E-state index contributed by atoms with van der Waals surface area (Å²) in [4.78, 5) is 11.5. The highest BCUT2D eigenvalue weighted by Crippen LogP contribution is 2.26. The maximum atomic E-state index is 4.49. The van der Waals surface area contributed by atoms with E-state index in [1.54, 1.807) is 0 Å². The molecule has 1 aromatic heterocycles. The second-order valence-electron chi connectivity index (χ2n) is 8.36. The molecule has 146 valence electrons. The molecule has 1 aromatic rings. The number of likely N-dealkylation sites (tertiary alicyclic amines) is 1. The number of aliphatic imine (C=N–C) groups is 1. The van der Waals surface area contributed by atoms with E-state index in [1.165, 1.54) is 45.2 Å². The standard InChI is InChI=1S/C20H36N6/c1-16(2)13-26-11-9-22-19(26)12-23-20(21-3)24-18-8-10-25(15-18)14-17-6-4-5-7-17/h9,11,16-18H,4-8,10,12-15H2,1-3H3,(H2,21,23,24). The maximum absolute atomic E-state index is 4.49. The fourth-order valence-corrected chi connectivity index (χ4v) is 4.29. The van der Waals surface area contributed by atoms with Crippen molar-refractivity contribution in [2.75, 3.05) is 26.7 Å². The number of nitrogens with zero attached hydrogens (tertiary/aromatic N) is 4. The van der Waals surface area contributed by atoms with E-state index in [1.807, 2.05) is 13.2 Å². The zero-order chi connectivity index (χ0) is 18.4. The Bertz CT molecular complexity index is 573. The smallest absolute Gasteiger partial charge is 0.191 e. The molecule has 1 saturated heterocycles. The van der Waals surface area contributed by atoms with E-state index in [4.69, 9.17) is 0 Å². The molecule has 6 nitrogen and oxygen atoms in total. The van der Waals surface area contributed by atoms with Crippen LogP contribution >= 0.6 is 0 Å². The van der Waals surface area contributed by atoms with Gasteiger partial charge in [-0.2, -0.15) is 0 Å². The van der Waals surface area contributed by atoms with Crippen molar-refractivity contribution in [2.45, 2.75) is 65.1 Å². The highest BCUT2D eigenvalue weighted by atomic mass is 15.2. The molecule has 6 heteroatoms. The van der Waals surface area contributed by atoms with Crippen molar-refractivity contribution in [2.24, 2.45) is 16.8 Å². The second kappa shape index (κ2) is 9.40. The normalized spacial score (nSPS) is 22.5. The van der Waals surface area contributed by atoms with Crippen LogP contribution in [0.2, 0.25) is 0 Å². The average Bonchev–Trinajstić information content (AvgIpc) is 3.35. The minimum Gasteiger partial charge on any atom is -0.352 e. The summed E-state index contributed by atoms with van der Waals surface area (Å²) < 4.78 is 2.23. The van der Waals surface area contributed by atoms with E-state index >= 15 is 0 Å². The molecule has 1 atom stereocenters. The molecule has 3 rings (SSSR count). The van der Waals surface area contributed by atoms with Gasteiger partial charge in [-0.25, -0.2) is 4.98 Å². The Labute approximate surface area is 158 Å². The summed E-state index contributed by atoms with van der Waals surface area (Å²) in [6, 6.07) is 0.498. The topological polar surface area (TPSA) is 57.5 Å². The van der Waals surface area contributed by atoms with Gasteiger partial charge in [-0.3, -0.25) is 4.99 Å². The van der Waals surface area contributed by atoms with Crippen molar-refractivity contribution in [1.82, 2.24) is 25.1 Å². The molecular weight excluding hydrogens is 324 g/mol. The first-order chi connectivity index (χ1) is 12.6. The Morgan fingerprint density at radius 3 is 2.85 bits per heavy atom. The third-order valence-electron chi connectivity index (χ3n) is 5.61. The summed E-state index contributed by atoms with van der Waals surface area (Å²) in [5.74, 6) is 3.50. The molecule has 0 radical (unpaired) electrons. The average molecular weight is 361 g/mol. The van der Waals surface area contributed by atoms with Gasteiger partial charge in [-0.15, -0.1) is 0 Å². The SMILES string of the molecule is CN=C(NCc1nccn1CC(C)C)NC1CCN(CC2CCCC2)C1. The lowest BCUT2D eigenvalue weighted by Gasteiger charge is -2.21. The van der Waals surface area contributed by atoms with Crippen LogP contribution in [-0.2, 0) is 13.1 Å². The Balaban J connectivity index is 1.43. The summed E-state index contributed by atoms with van der Waals surface area (Å²) in [6.45, 7) is 9.81. The predicted octanol–water partition coefficient (Wildman–Crippen LogP) is 2.47. The Morgan fingerprint density at radius 2 is 2.12 bits per heavy atom. The Hall–Kier alpha value is -1.56. The van der Waals surface area contributed by atoms with Crippen molar-refractivity contribution in [3.8, 4) is 0 Å². The van der Waals surface area contributed by atoms with Crippen molar-refractivity contribution in [1.29, 1.82) is 0 Å². The van der Waals surface area contributed by atoms with Gasteiger partial charge >= 0.3 is 0 Å². The summed E-state index contributed by atoms with van der Waals surface area (Å²) in [5.41, 5.74) is 0. The number of guanidine groups is 1. The van der Waals surface area contributed by atoms with Crippen LogP contribution in [0, 0.1) is 11.8 Å². The lowest BCUT2D eigenvalue weighted by Crippen LogP contribution is -2.44. The lowest BCUT2D eigenvalue weighted by molar-refractivity contribution is 0.275. The molecule has 0 bridgehead atoms. The first kappa shape index (κ1) is 19.2. The molecule has 2 N–H and O–H groups in total.